The number of carbonyl (C=O) groups is 1. The van der Waals surface area contributed by atoms with E-state index in [2.05, 4.69) is 9.97 Å². The minimum absolute atomic E-state index is 0.180. The molecule has 0 saturated carbocycles. The lowest BCUT2D eigenvalue weighted by molar-refractivity contribution is 0.144. The predicted octanol–water partition coefficient (Wildman–Crippen LogP) is 4.34. The largest absolute Gasteiger partial charge is 0.511 e. The fourth-order valence-electron chi connectivity index (χ4n) is 2.73. The second kappa shape index (κ2) is 7.35. The number of anilines is 1. The molecule has 0 fully saturated rings. The summed E-state index contributed by atoms with van der Waals surface area (Å²) in [5.41, 5.74) is 2.52. The quantitative estimate of drug-likeness (QED) is 0.542. The molecule has 6 nitrogen and oxygen atoms in total. The van der Waals surface area contributed by atoms with Gasteiger partial charge in [0.25, 0.3) is 0 Å². The molecule has 1 aromatic heterocycles. The van der Waals surface area contributed by atoms with Gasteiger partial charge in [0.05, 0.1) is 11.0 Å². The van der Waals surface area contributed by atoms with Crippen LogP contribution in [0.4, 0.5) is 15.0 Å². The number of hydrogen-bond acceptors (Lipinski definition) is 5. The monoisotopic (exact) mass is 355 g/mol. The van der Waals surface area contributed by atoms with E-state index in [0.29, 0.717) is 22.5 Å². The third-order valence-electron chi connectivity index (χ3n) is 4.00. The van der Waals surface area contributed by atoms with E-state index in [4.69, 9.17) is 9.84 Å². The third-order valence-corrected chi connectivity index (χ3v) is 4.00. The highest BCUT2D eigenvalue weighted by Gasteiger charge is 2.16. The molecule has 0 radical (unpaired) electrons. The molecule has 0 unspecified atom stereocenters. The second-order valence-electron chi connectivity index (χ2n) is 5.59. The first kappa shape index (κ1) is 17.6. The van der Waals surface area contributed by atoms with Crippen LogP contribution in [0.15, 0.2) is 42.5 Å². The van der Waals surface area contributed by atoms with E-state index >= 15 is 0 Å². The van der Waals surface area contributed by atoms with Gasteiger partial charge in [-0.2, -0.15) is 0 Å². The maximum atomic E-state index is 13.3. The van der Waals surface area contributed by atoms with Crippen molar-refractivity contribution < 1.29 is 19.0 Å². The van der Waals surface area contributed by atoms with Crippen LogP contribution < -0.4 is 9.64 Å². The predicted molar refractivity (Wildman–Crippen MR) is 97.1 cm³/mol. The van der Waals surface area contributed by atoms with Crippen molar-refractivity contribution in [1.82, 2.24) is 9.97 Å². The van der Waals surface area contributed by atoms with Crippen molar-refractivity contribution in [1.29, 1.82) is 0 Å². The van der Waals surface area contributed by atoms with E-state index in [1.54, 1.807) is 18.2 Å². The molecule has 0 saturated heterocycles. The van der Waals surface area contributed by atoms with Crippen molar-refractivity contribution in [2.45, 2.75) is 13.8 Å². The van der Waals surface area contributed by atoms with Crippen LogP contribution in [0.5, 0.6) is 5.75 Å². The summed E-state index contributed by atoms with van der Waals surface area (Å²) in [6.45, 7) is 5.45. The summed E-state index contributed by atoms with van der Waals surface area (Å²) in [6.07, 6.45) is -1.38. The first-order chi connectivity index (χ1) is 12.5. The number of ether oxygens (including phenoxy) is 1. The summed E-state index contributed by atoms with van der Waals surface area (Å²) >= 11 is 0. The van der Waals surface area contributed by atoms with Gasteiger partial charge in [0.2, 0.25) is 0 Å². The number of hydrogen-bond donors (Lipinski definition) is 1. The average Bonchev–Trinajstić information content (AvgIpc) is 2.62. The second-order valence-corrected chi connectivity index (χ2v) is 5.59. The smallest absolute Gasteiger partial charge is 0.449 e. The Morgan fingerprint density at radius 1 is 1.08 bits per heavy atom. The Kier molecular flexibility index (Phi) is 4.97. The van der Waals surface area contributed by atoms with Crippen LogP contribution in [0.1, 0.15) is 13.8 Å². The summed E-state index contributed by atoms with van der Waals surface area (Å²) < 4.78 is 18.0. The SMILES string of the molecule is CCN(CC)c1nc2cc(OC(=O)O)ccc2nc1-c1ccc(F)cc1. The molecule has 0 aliphatic carbocycles. The third kappa shape index (κ3) is 3.56. The minimum Gasteiger partial charge on any atom is -0.449 e. The standard InChI is InChI=1S/C19H18FN3O3/c1-3-23(4-2)18-17(12-5-7-13(20)8-6-12)21-15-10-9-14(26-19(24)25)11-16(15)22-18/h5-11H,3-4H2,1-2H3,(H,24,25). The van der Waals surface area contributed by atoms with Crippen LogP contribution in [0.25, 0.3) is 22.3 Å². The van der Waals surface area contributed by atoms with E-state index in [1.807, 2.05) is 18.7 Å². The molecule has 2 aromatic carbocycles. The fourth-order valence-corrected chi connectivity index (χ4v) is 2.73. The number of nitrogens with zero attached hydrogens (tertiary/aromatic N) is 3. The number of rotatable bonds is 5. The van der Waals surface area contributed by atoms with Gasteiger partial charge in [-0.3, -0.25) is 0 Å². The fraction of sp³-hybridized carbons (Fsp3) is 0.211. The van der Waals surface area contributed by atoms with Crippen LogP contribution in [-0.4, -0.2) is 34.3 Å². The number of halogens is 1. The van der Waals surface area contributed by atoms with Gasteiger partial charge in [-0.15, -0.1) is 0 Å². The van der Waals surface area contributed by atoms with Crippen LogP contribution >= 0.6 is 0 Å². The van der Waals surface area contributed by atoms with Crippen molar-refractivity contribution in [3.63, 3.8) is 0 Å². The van der Waals surface area contributed by atoms with Crippen LogP contribution in [0.3, 0.4) is 0 Å². The number of benzene rings is 2. The molecule has 0 bridgehead atoms. The Balaban J connectivity index is 2.19. The molecule has 3 rings (SSSR count). The lowest BCUT2D eigenvalue weighted by atomic mass is 10.1. The zero-order valence-electron chi connectivity index (χ0n) is 14.4. The lowest BCUT2D eigenvalue weighted by Crippen LogP contribution is -2.24. The van der Waals surface area contributed by atoms with Crippen molar-refractivity contribution in [3.05, 3.63) is 48.3 Å². The maximum Gasteiger partial charge on any atom is 0.511 e. The molecular formula is C19H18FN3O3. The van der Waals surface area contributed by atoms with Gasteiger partial charge in [-0.05, 0) is 50.2 Å². The Hall–Kier alpha value is -3.22. The summed E-state index contributed by atoms with van der Waals surface area (Å²) in [4.78, 5) is 22.1. The molecule has 0 spiro atoms. The summed E-state index contributed by atoms with van der Waals surface area (Å²) in [6, 6.07) is 10.8. The molecule has 0 atom stereocenters. The minimum atomic E-state index is -1.38. The highest BCUT2D eigenvalue weighted by molar-refractivity contribution is 5.84. The summed E-state index contributed by atoms with van der Waals surface area (Å²) in [5.74, 6) is 0.517. The first-order valence-corrected chi connectivity index (χ1v) is 8.25. The maximum absolute atomic E-state index is 13.3. The topological polar surface area (TPSA) is 75.6 Å². The van der Waals surface area contributed by atoms with Crippen LogP contribution in [0, 0.1) is 5.82 Å². The Labute approximate surface area is 149 Å². The number of fused-ring (bicyclic) bond motifs is 1. The van der Waals surface area contributed by atoms with Crippen molar-refractivity contribution >= 4 is 23.0 Å². The van der Waals surface area contributed by atoms with Gasteiger partial charge in [-0.1, -0.05) is 0 Å². The van der Waals surface area contributed by atoms with Gasteiger partial charge in [0.15, 0.2) is 5.82 Å². The molecule has 0 amide bonds. The van der Waals surface area contributed by atoms with E-state index in [9.17, 15) is 9.18 Å². The lowest BCUT2D eigenvalue weighted by Gasteiger charge is -2.23. The molecule has 1 heterocycles. The Bertz CT molecular complexity index is 941. The highest BCUT2D eigenvalue weighted by atomic mass is 19.1. The Morgan fingerprint density at radius 2 is 1.77 bits per heavy atom. The van der Waals surface area contributed by atoms with Crippen molar-refractivity contribution in [2.75, 3.05) is 18.0 Å². The summed E-state index contributed by atoms with van der Waals surface area (Å²) in [5, 5.41) is 8.78. The molecule has 0 aliphatic heterocycles. The van der Waals surface area contributed by atoms with Gasteiger partial charge in [0, 0.05) is 24.7 Å². The van der Waals surface area contributed by atoms with Crippen LogP contribution in [-0.2, 0) is 0 Å². The van der Waals surface area contributed by atoms with E-state index in [1.165, 1.54) is 24.3 Å². The molecule has 0 aliphatic rings. The van der Waals surface area contributed by atoms with Gasteiger partial charge in [0.1, 0.15) is 17.3 Å². The molecule has 7 heteroatoms. The Morgan fingerprint density at radius 3 is 2.38 bits per heavy atom. The van der Waals surface area contributed by atoms with Gasteiger partial charge >= 0.3 is 6.16 Å². The number of carboxylic acid groups (broad SMARTS) is 1. The molecule has 134 valence electrons. The van der Waals surface area contributed by atoms with Crippen molar-refractivity contribution in [3.8, 4) is 17.0 Å². The molecular weight excluding hydrogens is 337 g/mol. The van der Waals surface area contributed by atoms with E-state index in [0.717, 1.165) is 18.7 Å². The van der Waals surface area contributed by atoms with Crippen LogP contribution in [0.2, 0.25) is 0 Å². The highest BCUT2D eigenvalue weighted by Crippen LogP contribution is 2.31. The van der Waals surface area contributed by atoms with E-state index < -0.39 is 6.16 Å². The average molecular weight is 355 g/mol. The van der Waals surface area contributed by atoms with Gasteiger partial charge < -0.3 is 14.7 Å². The summed E-state index contributed by atoms with van der Waals surface area (Å²) in [7, 11) is 0. The zero-order valence-corrected chi connectivity index (χ0v) is 14.4. The molecule has 3 aromatic rings. The van der Waals surface area contributed by atoms with Crippen molar-refractivity contribution in [2.24, 2.45) is 0 Å². The van der Waals surface area contributed by atoms with Gasteiger partial charge in [-0.25, -0.2) is 19.2 Å². The zero-order chi connectivity index (χ0) is 18.7. The van der Waals surface area contributed by atoms with E-state index in [-0.39, 0.29) is 11.6 Å². The molecule has 26 heavy (non-hydrogen) atoms. The first-order valence-electron chi connectivity index (χ1n) is 8.25. The number of aromatic nitrogens is 2. The molecule has 1 N–H and O–H groups in total. The normalized spacial score (nSPS) is 10.7.